The normalized spacial score (nSPS) is 3.50. The zero-order valence-corrected chi connectivity index (χ0v) is 5.16. The van der Waals surface area contributed by atoms with Gasteiger partial charge in [-0.25, -0.2) is 0 Å². The van der Waals surface area contributed by atoms with Gasteiger partial charge < -0.3 is 0 Å². The third-order valence-electron chi connectivity index (χ3n) is 0. The third kappa shape index (κ3) is 12800. The first-order valence-corrected chi connectivity index (χ1v) is 2.67. The molecule has 0 unspecified atom stereocenters. The van der Waals surface area contributed by atoms with Gasteiger partial charge in [0.05, 0.1) is 0 Å². The quantitative estimate of drug-likeness (QED) is 0.354. The van der Waals surface area contributed by atoms with Crippen LogP contribution in [0.3, 0.4) is 0 Å². The molecular formula is C3H6O2Ti. The van der Waals surface area contributed by atoms with Gasteiger partial charge in [0.25, 0.3) is 0 Å². The average molecular weight is 122 g/mol. The molecule has 0 aliphatic heterocycles. The van der Waals surface area contributed by atoms with Crippen molar-refractivity contribution in [3.8, 4) is 0 Å². The second kappa shape index (κ2) is 19.7. The number of hydrogen-bond donors (Lipinski definition) is 0. The van der Waals surface area contributed by atoms with Crippen molar-refractivity contribution < 1.29 is 25.7 Å². The molecule has 0 aliphatic rings. The van der Waals surface area contributed by atoms with Gasteiger partial charge in [-0.3, -0.25) is 0 Å². The third-order valence-corrected chi connectivity index (χ3v) is 0. The molecule has 0 saturated carbocycles. The molecule has 0 amide bonds. The summed E-state index contributed by atoms with van der Waals surface area (Å²) < 4.78 is 17.0. The monoisotopic (exact) mass is 122 g/mol. The molecule has 0 N–H and O–H groups in total. The summed E-state index contributed by atoms with van der Waals surface area (Å²) in [6.07, 6.45) is 1.75. The second-order valence-corrected chi connectivity index (χ2v) is 0.752. The minimum absolute atomic E-state index is 1.75. The van der Waals surface area contributed by atoms with Crippen LogP contribution in [0.15, 0.2) is 12.7 Å². The first-order valence-electron chi connectivity index (χ1n) is 1.39. The van der Waals surface area contributed by atoms with Gasteiger partial charge in [0.1, 0.15) is 0 Å². The van der Waals surface area contributed by atoms with E-state index < -0.39 is 19.1 Å². The molecule has 0 rings (SSSR count). The van der Waals surface area contributed by atoms with Crippen molar-refractivity contribution in [1.82, 2.24) is 0 Å². The summed E-state index contributed by atoms with van der Waals surface area (Å²) in [5.41, 5.74) is 0. The Bertz CT molecular complexity index is 53.8. The van der Waals surface area contributed by atoms with Crippen LogP contribution >= 0.6 is 0 Å². The summed E-state index contributed by atoms with van der Waals surface area (Å²) in [5.74, 6) is 0. The molecule has 0 spiro atoms. The van der Waals surface area contributed by atoms with Crippen molar-refractivity contribution in [1.29, 1.82) is 0 Å². The molecule has 0 saturated heterocycles. The van der Waals surface area contributed by atoms with Crippen molar-refractivity contribution >= 4 is 0 Å². The van der Waals surface area contributed by atoms with E-state index in [2.05, 4.69) is 6.58 Å². The van der Waals surface area contributed by atoms with E-state index in [1.807, 2.05) is 6.92 Å². The Balaban J connectivity index is 0. The summed E-state index contributed by atoms with van der Waals surface area (Å²) >= 11 is -2.00. The molecule has 0 fully saturated rings. The fourth-order valence-corrected chi connectivity index (χ4v) is 0. The molecule has 3 heteroatoms. The second-order valence-electron chi connectivity index (χ2n) is 0.492. The van der Waals surface area contributed by atoms with Crippen molar-refractivity contribution in [2.75, 3.05) is 0 Å². The zero-order valence-electron chi connectivity index (χ0n) is 3.60. The molecule has 0 heterocycles. The number of hydrogen-bond acceptors (Lipinski definition) is 2. The van der Waals surface area contributed by atoms with Crippen LogP contribution < -0.4 is 0 Å². The van der Waals surface area contributed by atoms with Crippen LogP contribution in [-0.4, -0.2) is 0 Å². The Morgan fingerprint density at radius 1 is 1.67 bits per heavy atom. The Kier molecular flexibility index (Phi) is 30.9. The number of rotatable bonds is 0. The van der Waals surface area contributed by atoms with Gasteiger partial charge in [0, 0.05) is 0 Å². The van der Waals surface area contributed by atoms with Crippen molar-refractivity contribution in [3.05, 3.63) is 12.7 Å². The topological polar surface area (TPSA) is 34.1 Å². The van der Waals surface area contributed by atoms with Crippen LogP contribution in [0.25, 0.3) is 0 Å². The average Bonchev–Trinajstić information content (AvgIpc) is 1.39. The van der Waals surface area contributed by atoms with E-state index in [-0.39, 0.29) is 0 Å². The molecule has 0 aromatic carbocycles. The molecule has 0 atom stereocenters. The van der Waals surface area contributed by atoms with Gasteiger partial charge in [-0.2, -0.15) is 0 Å². The van der Waals surface area contributed by atoms with Crippen LogP contribution in [0.4, 0.5) is 0 Å². The Morgan fingerprint density at radius 2 is 1.67 bits per heavy atom. The van der Waals surface area contributed by atoms with Gasteiger partial charge in [-0.1, -0.05) is 6.08 Å². The van der Waals surface area contributed by atoms with Crippen molar-refractivity contribution in [2.24, 2.45) is 0 Å². The molecule has 2 nitrogen and oxygen atoms in total. The van der Waals surface area contributed by atoms with Gasteiger partial charge >= 0.3 is 25.7 Å². The van der Waals surface area contributed by atoms with Crippen LogP contribution in [0, 0.1) is 0 Å². The first kappa shape index (κ1) is 9.41. The van der Waals surface area contributed by atoms with Gasteiger partial charge in [-0.15, -0.1) is 6.58 Å². The maximum absolute atomic E-state index is 8.50. The van der Waals surface area contributed by atoms with E-state index in [1.54, 1.807) is 6.08 Å². The summed E-state index contributed by atoms with van der Waals surface area (Å²) in [5, 5.41) is 0. The standard InChI is InChI=1S/C3H6.2O.Ti/c1-3-2;;;/h3H,1H2,2H3;;;. The van der Waals surface area contributed by atoms with Gasteiger partial charge in [0.15, 0.2) is 0 Å². The summed E-state index contributed by atoms with van der Waals surface area (Å²) in [7, 11) is 0. The van der Waals surface area contributed by atoms with E-state index in [9.17, 15) is 0 Å². The van der Waals surface area contributed by atoms with E-state index >= 15 is 0 Å². The summed E-state index contributed by atoms with van der Waals surface area (Å²) in [6.45, 7) is 5.25. The van der Waals surface area contributed by atoms with Crippen LogP contribution in [0.5, 0.6) is 0 Å². The molecule has 0 bridgehead atoms. The zero-order chi connectivity index (χ0) is 5.41. The van der Waals surface area contributed by atoms with Crippen molar-refractivity contribution in [3.63, 3.8) is 0 Å². The molecule has 0 radical (unpaired) electrons. The van der Waals surface area contributed by atoms with Crippen LogP contribution in [0.1, 0.15) is 6.92 Å². The van der Waals surface area contributed by atoms with E-state index in [1.165, 1.54) is 0 Å². The fourth-order valence-electron chi connectivity index (χ4n) is 0. The maximum atomic E-state index is 8.50. The van der Waals surface area contributed by atoms with E-state index in [0.717, 1.165) is 0 Å². The Hall–Kier alpha value is 0.0543. The van der Waals surface area contributed by atoms with E-state index in [0.29, 0.717) is 0 Å². The molecule has 34 valence electrons. The predicted molar refractivity (Wildman–Crippen MR) is 17.2 cm³/mol. The first-order chi connectivity index (χ1) is 2.83. The molecule has 0 aromatic heterocycles. The van der Waals surface area contributed by atoms with E-state index in [4.69, 9.17) is 6.65 Å². The molecule has 6 heavy (non-hydrogen) atoms. The fraction of sp³-hybridized carbons (Fsp3) is 0.333. The molecule has 0 aromatic rings. The minimum atomic E-state index is -2.00. The molecular weight excluding hydrogens is 116 g/mol. The summed E-state index contributed by atoms with van der Waals surface area (Å²) in [4.78, 5) is 0. The Morgan fingerprint density at radius 3 is 1.67 bits per heavy atom. The SMILES string of the molecule is C=CC.[O]=[Ti]=[O]. The number of allylic oxidation sites excluding steroid dienone is 1. The van der Waals surface area contributed by atoms with Crippen LogP contribution in [-0.2, 0) is 25.7 Å². The molecule has 0 aliphatic carbocycles. The van der Waals surface area contributed by atoms with Crippen molar-refractivity contribution in [2.45, 2.75) is 6.92 Å². The summed E-state index contributed by atoms with van der Waals surface area (Å²) in [6, 6.07) is 0. The van der Waals surface area contributed by atoms with Crippen LogP contribution in [0.2, 0.25) is 0 Å². The predicted octanol–water partition coefficient (Wildman–Crippen LogP) is 0.952. The Labute approximate surface area is 45.8 Å². The van der Waals surface area contributed by atoms with Gasteiger partial charge in [-0.05, 0) is 6.92 Å². The van der Waals surface area contributed by atoms with Gasteiger partial charge in [0.2, 0.25) is 0 Å².